The number of nitrogens with zero attached hydrogens (tertiary/aromatic N) is 2. The van der Waals surface area contributed by atoms with Gasteiger partial charge in [0.05, 0.1) is 17.3 Å². The SMILES string of the molecule is COc1ccc(-c2nc(N)c(Br)c(CC(C)C)n2)cc1. The average molecular weight is 336 g/mol. The number of hydrogen-bond acceptors (Lipinski definition) is 4. The van der Waals surface area contributed by atoms with Crippen LogP contribution in [0.3, 0.4) is 0 Å². The Hall–Kier alpha value is -1.62. The molecule has 0 unspecified atom stereocenters. The highest BCUT2D eigenvalue weighted by atomic mass is 79.9. The van der Waals surface area contributed by atoms with Gasteiger partial charge in [-0.15, -0.1) is 0 Å². The van der Waals surface area contributed by atoms with Crippen LogP contribution < -0.4 is 10.5 Å². The minimum absolute atomic E-state index is 0.474. The van der Waals surface area contributed by atoms with Crippen LogP contribution in [0.15, 0.2) is 28.7 Å². The molecule has 1 heterocycles. The summed E-state index contributed by atoms with van der Waals surface area (Å²) in [5.41, 5.74) is 7.84. The smallest absolute Gasteiger partial charge is 0.161 e. The summed E-state index contributed by atoms with van der Waals surface area (Å²) in [6.45, 7) is 4.30. The first-order chi connectivity index (χ1) is 9.51. The number of ether oxygens (including phenoxy) is 1. The van der Waals surface area contributed by atoms with Crippen LogP contribution in [0.5, 0.6) is 5.75 Å². The fraction of sp³-hybridized carbons (Fsp3) is 0.333. The van der Waals surface area contributed by atoms with E-state index in [1.807, 2.05) is 24.3 Å². The zero-order chi connectivity index (χ0) is 14.7. The molecule has 0 aliphatic rings. The second-order valence-corrected chi connectivity index (χ2v) is 5.81. The van der Waals surface area contributed by atoms with Crippen molar-refractivity contribution in [2.75, 3.05) is 12.8 Å². The van der Waals surface area contributed by atoms with Crippen LogP contribution in [0.1, 0.15) is 19.5 Å². The van der Waals surface area contributed by atoms with Crippen LogP contribution in [0.4, 0.5) is 5.82 Å². The van der Waals surface area contributed by atoms with Gasteiger partial charge in [-0.3, -0.25) is 0 Å². The monoisotopic (exact) mass is 335 g/mol. The molecule has 2 rings (SSSR count). The third kappa shape index (κ3) is 3.28. The Balaban J connectivity index is 2.42. The number of benzene rings is 1. The van der Waals surface area contributed by atoms with E-state index in [0.29, 0.717) is 17.6 Å². The Kier molecular flexibility index (Phi) is 4.60. The van der Waals surface area contributed by atoms with E-state index in [4.69, 9.17) is 10.5 Å². The summed E-state index contributed by atoms with van der Waals surface area (Å²) in [4.78, 5) is 8.97. The fourth-order valence-electron chi connectivity index (χ4n) is 1.90. The Morgan fingerprint density at radius 3 is 2.40 bits per heavy atom. The molecule has 1 aromatic carbocycles. The summed E-state index contributed by atoms with van der Waals surface area (Å²) in [7, 11) is 1.64. The number of rotatable bonds is 4. The van der Waals surface area contributed by atoms with Crippen LogP contribution in [-0.4, -0.2) is 17.1 Å². The normalized spacial score (nSPS) is 10.8. The molecule has 4 nitrogen and oxygen atoms in total. The number of nitrogen functional groups attached to an aromatic ring is 1. The third-order valence-corrected chi connectivity index (χ3v) is 3.76. The zero-order valence-electron chi connectivity index (χ0n) is 11.9. The number of methoxy groups -OCH3 is 1. The van der Waals surface area contributed by atoms with E-state index in [2.05, 4.69) is 39.7 Å². The van der Waals surface area contributed by atoms with E-state index in [9.17, 15) is 0 Å². The molecule has 0 fully saturated rings. The Bertz CT molecular complexity index is 597. The molecule has 2 aromatic rings. The lowest BCUT2D eigenvalue weighted by atomic mass is 10.1. The van der Waals surface area contributed by atoms with Gasteiger partial charge in [0.15, 0.2) is 5.82 Å². The molecule has 0 bridgehead atoms. The average Bonchev–Trinajstić information content (AvgIpc) is 2.43. The molecule has 0 radical (unpaired) electrons. The standard InChI is InChI=1S/C15H18BrN3O/c1-9(2)8-12-13(16)14(17)19-15(18-12)10-4-6-11(20-3)7-5-10/h4-7,9H,8H2,1-3H3,(H2,17,18,19). The number of aromatic nitrogens is 2. The fourth-order valence-corrected chi connectivity index (χ4v) is 2.24. The van der Waals surface area contributed by atoms with Crippen molar-refractivity contribution >= 4 is 21.7 Å². The van der Waals surface area contributed by atoms with Crippen molar-refractivity contribution < 1.29 is 4.74 Å². The van der Waals surface area contributed by atoms with Gasteiger partial charge in [-0.25, -0.2) is 9.97 Å². The van der Waals surface area contributed by atoms with Gasteiger partial charge in [0, 0.05) is 5.56 Å². The molecule has 0 spiro atoms. The number of anilines is 1. The van der Waals surface area contributed by atoms with E-state index in [-0.39, 0.29) is 0 Å². The highest BCUT2D eigenvalue weighted by Crippen LogP contribution is 2.27. The van der Waals surface area contributed by atoms with Crippen LogP contribution in [0.2, 0.25) is 0 Å². The topological polar surface area (TPSA) is 61.0 Å². The predicted molar refractivity (Wildman–Crippen MR) is 84.7 cm³/mol. The van der Waals surface area contributed by atoms with Gasteiger partial charge in [0.1, 0.15) is 11.6 Å². The molecular formula is C15H18BrN3O. The van der Waals surface area contributed by atoms with Crippen molar-refractivity contribution in [3.63, 3.8) is 0 Å². The minimum Gasteiger partial charge on any atom is -0.497 e. The first kappa shape index (κ1) is 14.8. The molecule has 2 N–H and O–H groups in total. The first-order valence-corrected chi connectivity index (χ1v) is 7.27. The van der Waals surface area contributed by atoms with Crippen molar-refractivity contribution in [2.24, 2.45) is 5.92 Å². The van der Waals surface area contributed by atoms with E-state index in [1.54, 1.807) is 7.11 Å². The highest BCUT2D eigenvalue weighted by molar-refractivity contribution is 9.10. The van der Waals surface area contributed by atoms with Crippen LogP contribution in [0.25, 0.3) is 11.4 Å². The molecule has 0 saturated heterocycles. The lowest BCUT2D eigenvalue weighted by Crippen LogP contribution is -2.05. The number of hydrogen-bond donors (Lipinski definition) is 1. The second kappa shape index (κ2) is 6.22. The van der Waals surface area contributed by atoms with Crippen LogP contribution >= 0.6 is 15.9 Å². The van der Waals surface area contributed by atoms with Crippen molar-refractivity contribution in [2.45, 2.75) is 20.3 Å². The molecule has 1 aromatic heterocycles. The second-order valence-electron chi connectivity index (χ2n) is 5.02. The van der Waals surface area contributed by atoms with Crippen molar-refractivity contribution in [3.05, 3.63) is 34.4 Å². The van der Waals surface area contributed by atoms with Gasteiger partial charge in [0.25, 0.3) is 0 Å². The number of nitrogens with two attached hydrogens (primary N) is 1. The van der Waals surface area contributed by atoms with Gasteiger partial charge in [-0.05, 0) is 52.5 Å². The molecule has 0 saturated carbocycles. The summed E-state index contributed by atoms with van der Waals surface area (Å²) in [6, 6.07) is 7.64. The molecular weight excluding hydrogens is 318 g/mol. The van der Waals surface area contributed by atoms with Gasteiger partial charge < -0.3 is 10.5 Å². The third-order valence-electron chi connectivity index (χ3n) is 2.90. The largest absolute Gasteiger partial charge is 0.497 e. The summed E-state index contributed by atoms with van der Waals surface area (Å²) in [6.07, 6.45) is 0.858. The molecule has 0 atom stereocenters. The van der Waals surface area contributed by atoms with Crippen molar-refractivity contribution in [1.29, 1.82) is 0 Å². The van der Waals surface area contributed by atoms with E-state index < -0.39 is 0 Å². The van der Waals surface area contributed by atoms with E-state index in [1.165, 1.54) is 0 Å². The maximum absolute atomic E-state index is 5.97. The van der Waals surface area contributed by atoms with Gasteiger partial charge in [-0.1, -0.05) is 13.8 Å². The Morgan fingerprint density at radius 1 is 1.20 bits per heavy atom. The molecule has 0 aliphatic heterocycles. The predicted octanol–water partition coefficient (Wildman–Crippen LogP) is 3.70. The lowest BCUT2D eigenvalue weighted by molar-refractivity contribution is 0.415. The van der Waals surface area contributed by atoms with Crippen molar-refractivity contribution in [1.82, 2.24) is 9.97 Å². The zero-order valence-corrected chi connectivity index (χ0v) is 13.4. The van der Waals surface area contributed by atoms with Crippen molar-refractivity contribution in [3.8, 4) is 17.1 Å². The maximum Gasteiger partial charge on any atom is 0.161 e. The van der Waals surface area contributed by atoms with Gasteiger partial charge >= 0.3 is 0 Å². The van der Waals surface area contributed by atoms with Gasteiger partial charge in [-0.2, -0.15) is 0 Å². The van der Waals surface area contributed by atoms with E-state index in [0.717, 1.165) is 27.9 Å². The molecule has 5 heteroatoms. The first-order valence-electron chi connectivity index (χ1n) is 6.47. The summed E-state index contributed by atoms with van der Waals surface area (Å²) >= 11 is 3.47. The molecule has 106 valence electrons. The quantitative estimate of drug-likeness (QED) is 0.925. The summed E-state index contributed by atoms with van der Waals surface area (Å²) in [5.74, 6) is 2.43. The van der Waals surface area contributed by atoms with Crippen LogP contribution in [-0.2, 0) is 6.42 Å². The Labute approximate surface area is 127 Å². The van der Waals surface area contributed by atoms with Gasteiger partial charge in [0.2, 0.25) is 0 Å². The summed E-state index contributed by atoms with van der Waals surface area (Å²) < 4.78 is 5.95. The molecule has 0 amide bonds. The lowest BCUT2D eigenvalue weighted by Gasteiger charge is -2.11. The number of halogens is 1. The molecule has 20 heavy (non-hydrogen) atoms. The maximum atomic E-state index is 5.97. The molecule has 0 aliphatic carbocycles. The van der Waals surface area contributed by atoms with E-state index >= 15 is 0 Å². The highest BCUT2D eigenvalue weighted by Gasteiger charge is 2.12. The Morgan fingerprint density at radius 2 is 1.85 bits per heavy atom. The minimum atomic E-state index is 0.474. The summed E-state index contributed by atoms with van der Waals surface area (Å²) in [5, 5.41) is 0. The van der Waals surface area contributed by atoms with Crippen LogP contribution in [0, 0.1) is 5.92 Å².